The van der Waals surface area contributed by atoms with Gasteiger partial charge in [-0.2, -0.15) is 0 Å². The Bertz CT molecular complexity index is 445. The van der Waals surface area contributed by atoms with Gasteiger partial charge < -0.3 is 9.47 Å². The molecule has 1 aliphatic carbocycles. The molecule has 104 valence electrons. The molecule has 1 fully saturated rings. The molecule has 0 spiro atoms. The lowest BCUT2D eigenvalue weighted by Gasteiger charge is -2.14. The Kier molecular flexibility index (Phi) is 5.05. The predicted octanol–water partition coefficient (Wildman–Crippen LogP) is 3.85. The summed E-state index contributed by atoms with van der Waals surface area (Å²) in [4.78, 5) is 13.9. The molecular weight excluding hydrogens is 280 g/mol. The average Bonchev–Trinajstić information content (AvgIpc) is 3.21. The van der Waals surface area contributed by atoms with Crippen molar-refractivity contribution >= 4 is 29.5 Å². The second kappa shape index (κ2) is 6.57. The summed E-state index contributed by atoms with van der Waals surface area (Å²) in [6.45, 7) is 2.21. The van der Waals surface area contributed by atoms with Crippen molar-refractivity contribution in [3.05, 3.63) is 17.7 Å². The average molecular weight is 298 g/mol. The highest BCUT2D eigenvalue weighted by atomic mass is 32.2. The number of carbonyl (C=O) groups excluding carboxylic acids is 1. The van der Waals surface area contributed by atoms with Crippen molar-refractivity contribution in [2.45, 2.75) is 35.7 Å². The first kappa shape index (κ1) is 14.6. The first-order chi connectivity index (χ1) is 9.19. The first-order valence-corrected chi connectivity index (χ1v) is 8.74. The van der Waals surface area contributed by atoms with E-state index in [2.05, 4.69) is 0 Å². The summed E-state index contributed by atoms with van der Waals surface area (Å²) in [6, 6.07) is 3.88. The van der Waals surface area contributed by atoms with E-state index in [4.69, 9.17) is 9.47 Å². The van der Waals surface area contributed by atoms with Crippen molar-refractivity contribution in [2.75, 3.05) is 19.1 Å². The van der Waals surface area contributed by atoms with Crippen molar-refractivity contribution in [2.24, 2.45) is 0 Å². The van der Waals surface area contributed by atoms with Crippen molar-refractivity contribution in [3.63, 3.8) is 0 Å². The minimum absolute atomic E-state index is 0.255. The summed E-state index contributed by atoms with van der Waals surface area (Å²) in [5, 5.41) is 0. The molecule has 19 heavy (non-hydrogen) atoms. The predicted molar refractivity (Wildman–Crippen MR) is 79.6 cm³/mol. The van der Waals surface area contributed by atoms with Crippen molar-refractivity contribution < 1.29 is 14.3 Å². The number of ether oxygens (including phenoxy) is 2. The van der Waals surface area contributed by atoms with Crippen LogP contribution in [0.3, 0.4) is 0 Å². The molecule has 5 heteroatoms. The molecule has 0 saturated heterocycles. The fourth-order valence-electron chi connectivity index (χ4n) is 1.74. The minimum atomic E-state index is -0.255. The van der Waals surface area contributed by atoms with Crippen LogP contribution in [0.1, 0.15) is 30.1 Å². The van der Waals surface area contributed by atoms with Crippen LogP contribution in [-0.4, -0.2) is 31.2 Å². The summed E-state index contributed by atoms with van der Waals surface area (Å²) in [7, 11) is 0. The number of thioether (sulfide) groups is 2. The van der Waals surface area contributed by atoms with E-state index in [0.717, 1.165) is 28.4 Å². The van der Waals surface area contributed by atoms with Gasteiger partial charge in [0.05, 0.1) is 18.3 Å². The summed E-state index contributed by atoms with van der Waals surface area (Å²) in [5.41, 5.74) is 0.657. The monoisotopic (exact) mass is 298 g/mol. The maximum absolute atomic E-state index is 12.1. The molecule has 1 saturated carbocycles. The van der Waals surface area contributed by atoms with E-state index in [9.17, 15) is 4.79 Å². The number of carbonyl (C=O) groups is 1. The molecule has 2 rings (SSSR count). The van der Waals surface area contributed by atoms with Gasteiger partial charge in [0.2, 0.25) is 0 Å². The van der Waals surface area contributed by atoms with E-state index in [1.54, 1.807) is 23.5 Å². The van der Waals surface area contributed by atoms with Crippen LogP contribution in [0.4, 0.5) is 0 Å². The summed E-state index contributed by atoms with van der Waals surface area (Å²) in [5.74, 6) is 0.596. The zero-order valence-electron chi connectivity index (χ0n) is 11.4. The Balaban J connectivity index is 2.36. The minimum Gasteiger partial charge on any atom is -0.490 e. The van der Waals surface area contributed by atoms with E-state index >= 15 is 0 Å². The maximum Gasteiger partial charge on any atom is 0.340 e. The van der Waals surface area contributed by atoms with Gasteiger partial charge in [-0.05, 0) is 44.4 Å². The second-order valence-corrected chi connectivity index (χ2v) is 5.94. The second-order valence-electron chi connectivity index (χ2n) is 4.24. The summed E-state index contributed by atoms with van der Waals surface area (Å²) >= 11 is 3.09. The molecule has 0 aliphatic heterocycles. The Labute approximate surface area is 122 Å². The van der Waals surface area contributed by atoms with Crippen LogP contribution in [0.15, 0.2) is 21.9 Å². The Morgan fingerprint density at radius 3 is 2.26 bits per heavy atom. The third-order valence-corrected chi connectivity index (χ3v) is 4.31. The quantitative estimate of drug-likeness (QED) is 0.589. The third-order valence-electron chi connectivity index (χ3n) is 2.79. The lowest BCUT2D eigenvalue weighted by Crippen LogP contribution is -2.08. The van der Waals surface area contributed by atoms with Gasteiger partial charge in [-0.25, -0.2) is 4.79 Å². The van der Waals surface area contributed by atoms with Gasteiger partial charge in [0.15, 0.2) is 0 Å². The van der Waals surface area contributed by atoms with Crippen LogP contribution in [0, 0.1) is 0 Å². The highest BCUT2D eigenvalue weighted by Crippen LogP contribution is 2.36. The number of hydrogen-bond donors (Lipinski definition) is 0. The molecule has 0 heterocycles. The van der Waals surface area contributed by atoms with Gasteiger partial charge in [-0.1, -0.05) is 0 Å². The molecule has 0 amide bonds. The Morgan fingerprint density at radius 1 is 1.26 bits per heavy atom. The Morgan fingerprint density at radius 2 is 1.84 bits per heavy atom. The van der Waals surface area contributed by atoms with Gasteiger partial charge in [-0.15, -0.1) is 23.5 Å². The largest absolute Gasteiger partial charge is 0.490 e. The van der Waals surface area contributed by atoms with Gasteiger partial charge in [0.25, 0.3) is 0 Å². The van der Waals surface area contributed by atoms with E-state index < -0.39 is 0 Å². The molecular formula is C14H18O3S2. The first-order valence-electron chi connectivity index (χ1n) is 6.29. The molecule has 0 N–H and O–H groups in total. The molecule has 1 aromatic carbocycles. The SMILES string of the molecule is CCOC(=O)c1c(SC)cc(OC2CC2)cc1SC. The van der Waals surface area contributed by atoms with Crippen molar-refractivity contribution in [1.82, 2.24) is 0 Å². The topological polar surface area (TPSA) is 35.5 Å². The van der Waals surface area contributed by atoms with Gasteiger partial charge in [0.1, 0.15) is 5.75 Å². The normalized spacial score (nSPS) is 14.3. The highest BCUT2D eigenvalue weighted by Gasteiger charge is 2.25. The number of benzene rings is 1. The molecule has 1 aliphatic rings. The molecule has 1 aromatic rings. The van der Waals surface area contributed by atoms with Crippen LogP contribution in [0.2, 0.25) is 0 Å². The molecule has 0 radical (unpaired) electrons. The van der Waals surface area contributed by atoms with Crippen molar-refractivity contribution in [1.29, 1.82) is 0 Å². The fraction of sp³-hybridized carbons (Fsp3) is 0.500. The van der Waals surface area contributed by atoms with E-state index in [0.29, 0.717) is 18.3 Å². The lowest BCUT2D eigenvalue weighted by atomic mass is 10.2. The van der Waals surface area contributed by atoms with Crippen molar-refractivity contribution in [3.8, 4) is 5.75 Å². The van der Waals surface area contributed by atoms with Crippen LogP contribution in [-0.2, 0) is 4.74 Å². The summed E-state index contributed by atoms with van der Waals surface area (Å²) in [6.07, 6.45) is 6.54. The molecule has 0 atom stereocenters. The van der Waals surface area contributed by atoms with E-state index in [1.807, 2.05) is 31.6 Å². The smallest absolute Gasteiger partial charge is 0.340 e. The number of rotatable bonds is 6. The van der Waals surface area contributed by atoms with Gasteiger partial charge >= 0.3 is 5.97 Å². The van der Waals surface area contributed by atoms with Crippen LogP contribution < -0.4 is 4.74 Å². The molecule has 0 aromatic heterocycles. The maximum atomic E-state index is 12.1. The Hall–Kier alpha value is -0.810. The highest BCUT2D eigenvalue weighted by molar-refractivity contribution is 7.99. The third kappa shape index (κ3) is 3.60. The zero-order chi connectivity index (χ0) is 13.8. The molecule has 0 bridgehead atoms. The molecule has 3 nitrogen and oxygen atoms in total. The number of esters is 1. The van der Waals surface area contributed by atoms with Gasteiger partial charge in [-0.3, -0.25) is 0 Å². The van der Waals surface area contributed by atoms with E-state index in [1.165, 1.54) is 0 Å². The molecule has 0 unspecified atom stereocenters. The standard InChI is InChI=1S/C14H18O3S2/c1-4-16-14(15)13-11(18-2)7-10(8-12(13)19-3)17-9-5-6-9/h7-9H,4-6H2,1-3H3. The number of hydrogen-bond acceptors (Lipinski definition) is 5. The van der Waals surface area contributed by atoms with Gasteiger partial charge in [0, 0.05) is 9.79 Å². The lowest BCUT2D eigenvalue weighted by molar-refractivity contribution is 0.0518. The van der Waals surface area contributed by atoms with Crippen LogP contribution in [0.5, 0.6) is 5.75 Å². The van der Waals surface area contributed by atoms with Crippen LogP contribution >= 0.6 is 23.5 Å². The summed E-state index contributed by atoms with van der Waals surface area (Å²) < 4.78 is 11.0. The van der Waals surface area contributed by atoms with Crippen LogP contribution in [0.25, 0.3) is 0 Å². The fourth-order valence-corrected chi connectivity index (χ4v) is 3.07. The zero-order valence-corrected chi connectivity index (χ0v) is 13.0. The van der Waals surface area contributed by atoms with E-state index in [-0.39, 0.29) is 5.97 Å².